The summed E-state index contributed by atoms with van der Waals surface area (Å²) < 4.78 is 0. The fourth-order valence-electron chi connectivity index (χ4n) is 1.66. The smallest absolute Gasteiger partial charge is 0.177 e. The van der Waals surface area contributed by atoms with Gasteiger partial charge < -0.3 is 10.7 Å². The summed E-state index contributed by atoms with van der Waals surface area (Å²) in [6.45, 7) is 4.87. The number of aromatic amines is 1. The standard InChI is InChI=1S/C12H18N4/c1-8(7-13)3-6-11-15-10-5-4-9(2)14-12(10)16-11/h4-5,8H,3,6-7,13H2,1-2H3,(H,14,15,16). The quantitative estimate of drug-likeness (QED) is 0.822. The van der Waals surface area contributed by atoms with E-state index in [1.807, 2.05) is 19.1 Å². The molecule has 0 aliphatic carbocycles. The van der Waals surface area contributed by atoms with Crippen LogP contribution in [0.3, 0.4) is 0 Å². The van der Waals surface area contributed by atoms with Crippen molar-refractivity contribution in [3.8, 4) is 0 Å². The van der Waals surface area contributed by atoms with Crippen molar-refractivity contribution in [1.82, 2.24) is 15.0 Å². The molecule has 4 nitrogen and oxygen atoms in total. The normalized spacial score (nSPS) is 13.2. The summed E-state index contributed by atoms with van der Waals surface area (Å²) >= 11 is 0. The molecule has 0 amide bonds. The average Bonchev–Trinajstić information content (AvgIpc) is 2.67. The molecule has 4 heteroatoms. The van der Waals surface area contributed by atoms with E-state index in [2.05, 4.69) is 21.9 Å². The number of nitrogens with zero attached hydrogens (tertiary/aromatic N) is 2. The summed E-state index contributed by atoms with van der Waals surface area (Å²) in [7, 11) is 0. The van der Waals surface area contributed by atoms with Gasteiger partial charge in [0.1, 0.15) is 5.82 Å². The highest BCUT2D eigenvalue weighted by molar-refractivity contribution is 5.70. The lowest BCUT2D eigenvalue weighted by Gasteiger charge is -2.04. The predicted octanol–water partition coefficient (Wildman–Crippen LogP) is 1.79. The van der Waals surface area contributed by atoms with Crippen LogP contribution in [0.5, 0.6) is 0 Å². The zero-order valence-electron chi connectivity index (χ0n) is 9.83. The van der Waals surface area contributed by atoms with Crippen molar-refractivity contribution in [2.75, 3.05) is 6.54 Å². The molecule has 2 aromatic heterocycles. The Morgan fingerprint density at radius 3 is 2.94 bits per heavy atom. The first-order valence-electron chi connectivity index (χ1n) is 5.71. The lowest BCUT2D eigenvalue weighted by molar-refractivity contribution is 0.538. The molecule has 0 bridgehead atoms. The van der Waals surface area contributed by atoms with Gasteiger partial charge in [-0.15, -0.1) is 0 Å². The van der Waals surface area contributed by atoms with Crippen molar-refractivity contribution in [3.63, 3.8) is 0 Å². The van der Waals surface area contributed by atoms with Crippen molar-refractivity contribution in [3.05, 3.63) is 23.7 Å². The summed E-state index contributed by atoms with van der Waals surface area (Å²) in [5.41, 5.74) is 8.42. The summed E-state index contributed by atoms with van der Waals surface area (Å²) in [4.78, 5) is 12.1. The molecule has 0 aromatic carbocycles. The molecule has 2 heterocycles. The lowest BCUT2D eigenvalue weighted by Crippen LogP contribution is -2.11. The molecular weight excluding hydrogens is 200 g/mol. The third-order valence-electron chi connectivity index (χ3n) is 2.81. The average molecular weight is 218 g/mol. The van der Waals surface area contributed by atoms with Crippen LogP contribution in [0.15, 0.2) is 12.1 Å². The number of fused-ring (bicyclic) bond motifs is 1. The number of aryl methyl sites for hydroxylation is 2. The van der Waals surface area contributed by atoms with E-state index in [1.54, 1.807) is 0 Å². The molecule has 0 saturated heterocycles. The van der Waals surface area contributed by atoms with Gasteiger partial charge in [-0.3, -0.25) is 0 Å². The van der Waals surface area contributed by atoms with E-state index in [4.69, 9.17) is 5.73 Å². The predicted molar refractivity (Wildman–Crippen MR) is 65.2 cm³/mol. The Balaban J connectivity index is 2.13. The van der Waals surface area contributed by atoms with Crippen molar-refractivity contribution < 1.29 is 0 Å². The van der Waals surface area contributed by atoms with Crippen LogP contribution in [-0.2, 0) is 6.42 Å². The van der Waals surface area contributed by atoms with Crippen LogP contribution >= 0.6 is 0 Å². The van der Waals surface area contributed by atoms with Gasteiger partial charge in [-0.1, -0.05) is 6.92 Å². The maximum atomic E-state index is 5.59. The van der Waals surface area contributed by atoms with Gasteiger partial charge in [0.05, 0.1) is 5.52 Å². The molecule has 2 rings (SSSR count). The van der Waals surface area contributed by atoms with E-state index in [0.29, 0.717) is 5.92 Å². The number of nitrogens with one attached hydrogen (secondary N) is 1. The fraction of sp³-hybridized carbons (Fsp3) is 0.500. The van der Waals surface area contributed by atoms with E-state index in [9.17, 15) is 0 Å². The van der Waals surface area contributed by atoms with Gasteiger partial charge in [0, 0.05) is 12.1 Å². The van der Waals surface area contributed by atoms with E-state index >= 15 is 0 Å². The Hall–Kier alpha value is -1.42. The molecule has 1 unspecified atom stereocenters. The molecule has 0 radical (unpaired) electrons. The number of rotatable bonds is 4. The van der Waals surface area contributed by atoms with E-state index < -0.39 is 0 Å². The minimum Gasteiger partial charge on any atom is -0.341 e. The molecule has 2 aromatic rings. The van der Waals surface area contributed by atoms with Crippen LogP contribution < -0.4 is 5.73 Å². The zero-order valence-corrected chi connectivity index (χ0v) is 9.83. The Labute approximate surface area is 95.3 Å². The van der Waals surface area contributed by atoms with Crippen LogP contribution in [0.2, 0.25) is 0 Å². The van der Waals surface area contributed by atoms with Gasteiger partial charge >= 0.3 is 0 Å². The highest BCUT2D eigenvalue weighted by atomic mass is 15.0. The molecule has 0 aliphatic heterocycles. The molecule has 86 valence electrons. The molecule has 16 heavy (non-hydrogen) atoms. The van der Waals surface area contributed by atoms with Crippen molar-refractivity contribution >= 4 is 11.2 Å². The van der Waals surface area contributed by atoms with Gasteiger partial charge in [0.2, 0.25) is 0 Å². The topological polar surface area (TPSA) is 67.6 Å². The number of hydrogen-bond acceptors (Lipinski definition) is 3. The minimum atomic E-state index is 0.544. The second-order valence-electron chi connectivity index (χ2n) is 4.39. The molecule has 0 spiro atoms. The van der Waals surface area contributed by atoms with Crippen LogP contribution in [0.25, 0.3) is 11.2 Å². The summed E-state index contributed by atoms with van der Waals surface area (Å²) in [5, 5.41) is 0. The Morgan fingerprint density at radius 1 is 1.38 bits per heavy atom. The number of H-pyrrole nitrogens is 1. The van der Waals surface area contributed by atoms with E-state index in [-0.39, 0.29) is 0 Å². The minimum absolute atomic E-state index is 0.544. The first-order chi connectivity index (χ1) is 7.69. The van der Waals surface area contributed by atoms with E-state index in [0.717, 1.165) is 42.1 Å². The third-order valence-corrected chi connectivity index (χ3v) is 2.81. The number of hydrogen-bond donors (Lipinski definition) is 2. The van der Waals surface area contributed by atoms with Gasteiger partial charge in [0.15, 0.2) is 5.65 Å². The van der Waals surface area contributed by atoms with Gasteiger partial charge in [-0.25, -0.2) is 9.97 Å². The lowest BCUT2D eigenvalue weighted by atomic mass is 10.1. The zero-order chi connectivity index (χ0) is 11.5. The van der Waals surface area contributed by atoms with Gasteiger partial charge in [-0.2, -0.15) is 0 Å². The summed E-state index contributed by atoms with van der Waals surface area (Å²) in [6.07, 6.45) is 2.00. The maximum absolute atomic E-state index is 5.59. The number of nitrogens with two attached hydrogens (primary N) is 1. The Kier molecular flexibility index (Phi) is 3.19. The van der Waals surface area contributed by atoms with E-state index in [1.165, 1.54) is 0 Å². The van der Waals surface area contributed by atoms with Crippen molar-refractivity contribution in [1.29, 1.82) is 0 Å². The summed E-state index contributed by atoms with van der Waals surface area (Å²) in [5.74, 6) is 1.55. The SMILES string of the molecule is Cc1ccc2[nH]c(CCC(C)CN)nc2n1. The van der Waals surface area contributed by atoms with Crippen LogP contribution in [0.4, 0.5) is 0 Å². The first kappa shape index (κ1) is 11.1. The van der Waals surface area contributed by atoms with Crippen LogP contribution in [0.1, 0.15) is 24.9 Å². The fourth-order valence-corrected chi connectivity index (χ4v) is 1.66. The maximum Gasteiger partial charge on any atom is 0.177 e. The molecule has 0 aliphatic rings. The third kappa shape index (κ3) is 2.39. The molecule has 0 saturated carbocycles. The number of imidazole rings is 1. The summed E-state index contributed by atoms with van der Waals surface area (Å²) in [6, 6.07) is 4.02. The second-order valence-corrected chi connectivity index (χ2v) is 4.39. The Morgan fingerprint density at radius 2 is 2.19 bits per heavy atom. The monoisotopic (exact) mass is 218 g/mol. The molecular formula is C12H18N4. The van der Waals surface area contributed by atoms with Gasteiger partial charge in [-0.05, 0) is 37.9 Å². The molecule has 1 atom stereocenters. The van der Waals surface area contributed by atoms with Crippen LogP contribution in [0, 0.1) is 12.8 Å². The molecule has 0 fully saturated rings. The highest BCUT2D eigenvalue weighted by Crippen LogP contribution is 2.12. The van der Waals surface area contributed by atoms with Crippen molar-refractivity contribution in [2.24, 2.45) is 11.7 Å². The van der Waals surface area contributed by atoms with Gasteiger partial charge in [0.25, 0.3) is 0 Å². The second kappa shape index (κ2) is 4.61. The molecule has 3 N–H and O–H groups in total. The van der Waals surface area contributed by atoms with Crippen molar-refractivity contribution in [2.45, 2.75) is 26.7 Å². The Bertz CT molecular complexity index is 475. The number of aromatic nitrogens is 3. The highest BCUT2D eigenvalue weighted by Gasteiger charge is 2.06. The first-order valence-corrected chi connectivity index (χ1v) is 5.71. The number of pyridine rings is 1. The van der Waals surface area contributed by atoms with Crippen LogP contribution in [-0.4, -0.2) is 21.5 Å². The largest absolute Gasteiger partial charge is 0.341 e.